The fraction of sp³-hybridized carbons (Fsp3) is 0.105. The molecule has 0 saturated carbocycles. The molecular weight excluding hydrogens is 352 g/mol. The molecule has 0 bridgehead atoms. The molecule has 130 valence electrons. The molecule has 3 N–H and O–H groups in total. The van der Waals surface area contributed by atoms with Gasteiger partial charge in [-0.05, 0) is 37.6 Å². The van der Waals surface area contributed by atoms with E-state index in [-0.39, 0.29) is 16.5 Å². The first kappa shape index (κ1) is 16.4. The zero-order chi connectivity index (χ0) is 18.6. The lowest BCUT2D eigenvalue weighted by Gasteiger charge is -2.14. The highest BCUT2D eigenvalue weighted by molar-refractivity contribution is 6.35. The van der Waals surface area contributed by atoms with Crippen molar-refractivity contribution in [3.05, 3.63) is 58.2 Å². The Bertz CT molecular complexity index is 1210. The molecule has 1 amide bonds. The highest BCUT2D eigenvalue weighted by atomic mass is 35.5. The third-order valence-electron chi connectivity index (χ3n) is 4.48. The van der Waals surface area contributed by atoms with E-state index in [0.29, 0.717) is 33.4 Å². The van der Waals surface area contributed by atoms with Crippen molar-refractivity contribution in [1.82, 2.24) is 14.5 Å². The fourth-order valence-electron chi connectivity index (χ4n) is 3.21. The van der Waals surface area contributed by atoms with Gasteiger partial charge in [0.1, 0.15) is 22.0 Å². The maximum absolute atomic E-state index is 12.1. The molecule has 0 spiro atoms. The van der Waals surface area contributed by atoms with Crippen molar-refractivity contribution >= 4 is 39.7 Å². The summed E-state index contributed by atoms with van der Waals surface area (Å²) in [5.74, 6) is -0.559. The van der Waals surface area contributed by atoms with Gasteiger partial charge in [-0.1, -0.05) is 29.8 Å². The number of aromatic nitrogens is 3. The summed E-state index contributed by atoms with van der Waals surface area (Å²) in [6, 6.07) is 10.7. The number of carbonyl (C=O) groups is 1. The van der Waals surface area contributed by atoms with Crippen LogP contribution in [0, 0.1) is 13.8 Å². The molecule has 2 aromatic heterocycles. The molecule has 4 aromatic rings. The third kappa shape index (κ3) is 2.23. The van der Waals surface area contributed by atoms with Crippen LogP contribution >= 0.6 is 11.6 Å². The number of rotatable bonds is 2. The highest BCUT2D eigenvalue weighted by Crippen LogP contribution is 2.36. The zero-order valence-corrected chi connectivity index (χ0v) is 14.9. The lowest BCUT2D eigenvalue weighted by molar-refractivity contribution is 0.100. The molecule has 0 radical (unpaired) electrons. The minimum Gasteiger partial charge on any atom is -0.508 e. The van der Waals surface area contributed by atoms with E-state index < -0.39 is 5.91 Å². The van der Waals surface area contributed by atoms with Crippen LogP contribution in [0.3, 0.4) is 0 Å². The average molecular weight is 367 g/mol. The summed E-state index contributed by atoms with van der Waals surface area (Å²) in [6.45, 7) is 3.67. The van der Waals surface area contributed by atoms with Crippen LogP contribution in [-0.4, -0.2) is 25.5 Å². The first-order chi connectivity index (χ1) is 12.4. The van der Waals surface area contributed by atoms with Crippen LogP contribution in [0.15, 0.2) is 36.4 Å². The quantitative estimate of drug-likeness (QED) is 0.566. The van der Waals surface area contributed by atoms with Crippen molar-refractivity contribution < 1.29 is 9.90 Å². The van der Waals surface area contributed by atoms with Gasteiger partial charge in [0.2, 0.25) is 0 Å². The smallest absolute Gasteiger partial charge is 0.254 e. The summed E-state index contributed by atoms with van der Waals surface area (Å²) in [5, 5.41) is 10.3. The number of phenols is 1. The van der Waals surface area contributed by atoms with E-state index >= 15 is 0 Å². The molecule has 0 unspecified atom stereocenters. The van der Waals surface area contributed by atoms with Gasteiger partial charge in [0.15, 0.2) is 5.65 Å². The predicted molar refractivity (Wildman–Crippen MR) is 101 cm³/mol. The molecule has 0 aliphatic carbocycles. The minimum absolute atomic E-state index is 0.113. The lowest BCUT2D eigenvalue weighted by Crippen LogP contribution is -2.11. The Morgan fingerprint density at radius 2 is 1.77 bits per heavy atom. The topological polar surface area (TPSA) is 94.0 Å². The van der Waals surface area contributed by atoms with Gasteiger partial charge in [-0.3, -0.25) is 9.36 Å². The number of fused-ring (bicyclic) bond motifs is 2. The Morgan fingerprint density at radius 3 is 2.42 bits per heavy atom. The van der Waals surface area contributed by atoms with Gasteiger partial charge in [0, 0.05) is 5.56 Å². The molecule has 0 fully saturated rings. The van der Waals surface area contributed by atoms with Gasteiger partial charge >= 0.3 is 0 Å². The van der Waals surface area contributed by atoms with Crippen molar-refractivity contribution in [3.63, 3.8) is 0 Å². The Labute approximate surface area is 153 Å². The van der Waals surface area contributed by atoms with Crippen LogP contribution in [0.5, 0.6) is 5.75 Å². The van der Waals surface area contributed by atoms with Crippen LogP contribution < -0.4 is 5.73 Å². The van der Waals surface area contributed by atoms with Gasteiger partial charge in [0.05, 0.1) is 16.7 Å². The number of halogens is 1. The summed E-state index contributed by atoms with van der Waals surface area (Å²) in [5.41, 5.74) is 9.88. The van der Waals surface area contributed by atoms with Crippen molar-refractivity contribution in [2.75, 3.05) is 0 Å². The van der Waals surface area contributed by atoms with Crippen LogP contribution in [0.1, 0.15) is 21.5 Å². The molecule has 0 aliphatic rings. The fourth-order valence-corrected chi connectivity index (χ4v) is 3.56. The number of hydrogen-bond acceptors (Lipinski definition) is 4. The van der Waals surface area contributed by atoms with Crippen molar-refractivity contribution in [2.24, 2.45) is 5.73 Å². The first-order valence-corrected chi connectivity index (χ1v) is 8.34. The molecule has 0 atom stereocenters. The maximum Gasteiger partial charge on any atom is 0.254 e. The van der Waals surface area contributed by atoms with Gasteiger partial charge in [-0.25, -0.2) is 9.97 Å². The van der Waals surface area contributed by atoms with Crippen molar-refractivity contribution in [3.8, 4) is 11.4 Å². The van der Waals surface area contributed by atoms with E-state index in [1.54, 1.807) is 23.6 Å². The number of nitrogens with two attached hydrogens (primary N) is 1. The third-order valence-corrected chi connectivity index (χ3v) is 4.84. The number of phenolic OH excluding ortho intramolecular Hbond substituents is 1. The molecule has 6 nitrogen and oxygen atoms in total. The van der Waals surface area contributed by atoms with E-state index in [9.17, 15) is 9.90 Å². The minimum atomic E-state index is -0.682. The van der Waals surface area contributed by atoms with E-state index in [1.807, 2.05) is 31.2 Å². The molecule has 2 heterocycles. The standard InChI is InChI=1S/C19H15ClN4O2/c1-9-7-8-13(25)10(2)16(9)24-17(20)14(18(21)26)15-19(24)23-12-6-4-3-5-11(12)22-15/h3-8,25H,1-2H3,(H2,21,26). The Balaban J connectivity index is 2.23. The van der Waals surface area contributed by atoms with Crippen LogP contribution in [0.2, 0.25) is 5.15 Å². The molecule has 0 saturated heterocycles. The second kappa shape index (κ2) is 5.71. The summed E-state index contributed by atoms with van der Waals surface area (Å²) < 4.78 is 1.63. The van der Waals surface area contributed by atoms with E-state index in [1.165, 1.54) is 0 Å². The predicted octanol–water partition coefficient (Wildman–Crippen LogP) is 3.65. The Kier molecular flexibility index (Phi) is 3.59. The molecule has 4 rings (SSSR count). The zero-order valence-electron chi connectivity index (χ0n) is 14.1. The summed E-state index contributed by atoms with van der Waals surface area (Å²) in [7, 11) is 0. The van der Waals surface area contributed by atoms with Gasteiger partial charge in [-0.15, -0.1) is 0 Å². The van der Waals surface area contributed by atoms with Gasteiger partial charge in [-0.2, -0.15) is 0 Å². The van der Waals surface area contributed by atoms with E-state index in [2.05, 4.69) is 9.97 Å². The number of carbonyl (C=O) groups excluding carboxylic acids is 1. The summed E-state index contributed by atoms with van der Waals surface area (Å²) in [6.07, 6.45) is 0. The lowest BCUT2D eigenvalue weighted by atomic mass is 10.1. The average Bonchev–Trinajstić information content (AvgIpc) is 2.88. The number of aryl methyl sites for hydroxylation is 1. The number of hydrogen-bond donors (Lipinski definition) is 2. The van der Waals surface area contributed by atoms with Crippen LogP contribution in [0.4, 0.5) is 0 Å². The molecular formula is C19H15ClN4O2. The number of amides is 1. The Morgan fingerprint density at radius 1 is 1.12 bits per heavy atom. The first-order valence-electron chi connectivity index (χ1n) is 7.96. The van der Waals surface area contributed by atoms with E-state index in [4.69, 9.17) is 17.3 Å². The SMILES string of the molecule is Cc1ccc(O)c(C)c1-n1c(Cl)c(C(N)=O)c2nc3ccccc3nc21. The second-order valence-electron chi connectivity index (χ2n) is 6.13. The Hall–Kier alpha value is -3.12. The molecule has 2 aromatic carbocycles. The van der Waals surface area contributed by atoms with E-state index in [0.717, 1.165) is 5.56 Å². The second-order valence-corrected chi connectivity index (χ2v) is 6.48. The summed E-state index contributed by atoms with van der Waals surface area (Å²) >= 11 is 6.55. The monoisotopic (exact) mass is 366 g/mol. The highest BCUT2D eigenvalue weighted by Gasteiger charge is 2.25. The molecule has 0 aliphatic heterocycles. The normalized spacial score (nSPS) is 11.3. The van der Waals surface area contributed by atoms with Crippen LogP contribution in [-0.2, 0) is 0 Å². The number of aromatic hydroxyl groups is 1. The number of benzene rings is 2. The maximum atomic E-state index is 12.1. The largest absolute Gasteiger partial charge is 0.508 e. The molecule has 26 heavy (non-hydrogen) atoms. The summed E-state index contributed by atoms with van der Waals surface area (Å²) in [4.78, 5) is 21.3. The number of primary amides is 1. The van der Waals surface area contributed by atoms with Crippen molar-refractivity contribution in [1.29, 1.82) is 0 Å². The van der Waals surface area contributed by atoms with Gasteiger partial charge in [0.25, 0.3) is 5.91 Å². The number of para-hydroxylation sites is 2. The van der Waals surface area contributed by atoms with Crippen LogP contribution in [0.25, 0.3) is 27.9 Å². The van der Waals surface area contributed by atoms with Gasteiger partial charge < -0.3 is 10.8 Å². The van der Waals surface area contributed by atoms with Crippen molar-refractivity contribution in [2.45, 2.75) is 13.8 Å². The number of nitrogens with zero attached hydrogens (tertiary/aromatic N) is 3. The molecule has 7 heteroatoms.